The number of piperidine rings is 1. The molecule has 132 valence electrons. The van der Waals surface area contributed by atoms with Gasteiger partial charge >= 0.3 is 5.97 Å². The van der Waals surface area contributed by atoms with E-state index < -0.39 is 5.92 Å². The van der Waals surface area contributed by atoms with Crippen LogP contribution in [0.1, 0.15) is 51.0 Å². The summed E-state index contributed by atoms with van der Waals surface area (Å²) in [7, 11) is 0. The molecule has 24 heavy (non-hydrogen) atoms. The molecule has 0 amide bonds. The zero-order valence-corrected chi connectivity index (χ0v) is 14.4. The van der Waals surface area contributed by atoms with Gasteiger partial charge in [0, 0.05) is 25.7 Å². The van der Waals surface area contributed by atoms with Gasteiger partial charge < -0.3 is 19.7 Å². The SMILES string of the molecule is CC(C)[N+]1([O-])[C@@H]2CC[C@H]1CC(OC(=O)C(CO)c1ccccc1)C2. The third kappa shape index (κ3) is 2.96. The molecule has 0 aliphatic carbocycles. The molecule has 1 N–H and O–H groups in total. The average molecular weight is 333 g/mol. The summed E-state index contributed by atoms with van der Waals surface area (Å²) in [6.45, 7) is 3.71. The molecular formula is C19H27NO4. The third-order valence-corrected chi connectivity index (χ3v) is 5.80. The van der Waals surface area contributed by atoms with Crippen molar-refractivity contribution >= 4 is 5.97 Å². The number of hydroxylamine groups is 3. The molecule has 3 rings (SSSR count). The van der Waals surface area contributed by atoms with Crippen LogP contribution in [0.15, 0.2) is 30.3 Å². The monoisotopic (exact) mass is 333 g/mol. The summed E-state index contributed by atoms with van der Waals surface area (Å²) in [4.78, 5) is 12.5. The van der Waals surface area contributed by atoms with Crippen molar-refractivity contribution in [2.24, 2.45) is 0 Å². The Bertz CT molecular complexity index is 560. The Morgan fingerprint density at radius 3 is 2.33 bits per heavy atom. The molecule has 0 spiro atoms. The fourth-order valence-corrected chi connectivity index (χ4v) is 4.54. The van der Waals surface area contributed by atoms with Gasteiger partial charge in [-0.25, -0.2) is 0 Å². The lowest BCUT2D eigenvalue weighted by Crippen LogP contribution is -2.61. The number of hydrogen-bond acceptors (Lipinski definition) is 4. The minimum atomic E-state index is -0.651. The highest BCUT2D eigenvalue weighted by Crippen LogP contribution is 2.44. The summed E-state index contributed by atoms with van der Waals surface area (Å²) in [6, 6.07) is 9.33. The van der Waals surface area contributed by atoms with Crippen LogP contribution < -0.4 is 0 Å². The number of carbonyl (C=O) groups is 1. The minimum Gasteiger partial charge on any atom is -0.632 e. The topological polar surface area (TPSA) is 69.6 Å². The number of aliphatic hydroxyl groups excluding tert-OH is 1. The lowest BCUT2D eigenvalue weighted by atomic mass is 9.96. The molecule has 2 bridgehead atoms. The smallest absolute Gasteiger partial charge is 0.316 e. The van der Waals surface area contributed by atoms with Gasteiger partial charge in [-0.2, -0.15) is 0 Å². The molecular weight excluding hydrogens is 306 g/mol. The Morgan fingerprint density at radius 1 is 1.25 bits per heavy atom. The van der Waals surface area contributed by atoms with Gasteiger partial charge in [-0.05, 0) is 19.4 Å². The molecule has 5 nitrogen and oxygen atoms in total. The molecule has 2 saturated heterocycles. The van der Waals surface area contributed by atoms with Gasteiger partial charge in [-0.1, -0.05) is 30.3 Å². The Morgan fingerprint density at radius 2 is 1.83 bits per heavy atom. The molecule has 0 radical (unpaired) electrons. The van der Waals surface area contributed by atoms with Crippen molar-refractivity contribution in [1.29, 1.82) is 0 Å². The summed E-state index contributed by atoms with van der Waals surface area (Å²) in [5.41, 5.74) is 0.764. The summed E-state index contributed by atoms with van der Waals surface area (Å²) >= 11 is 0. The first-order chi connectivity index (χ1) is 11.5. The Labute approximate surface area is 143 Å². The standard InChI is InChI=1S/C19H27NO4/c1-13(2)20(23)15-8-9-16(20)11-17(10-15)24-19(22)18(12-21)14-6-4-3-5-7-14/h3-7,13,15-18,21H,8-12H2,1-2H3/t15-,16+,17?,18?,20?. The number of carbonyl (C=O) groups excluding carboxylic acids is 1. The van der Waals surface area contributed by atoms with Gasteiger partial charge in [0.25, 0.3) is 0 Å². The van der Waals surface area contributed by atoms with Gasteiger partial charge in [0.15, 0.2) is 0 Å². The van der Waals surface area contributed by atoms with Gasteiger partial charge in [0.1, 0.15) is 12.0 Å². The predicted octanol–water partition coefficient (Wildman–Crippen LogP) is 2.72. The first kappa shape index (κ1) is 17.4. The van der Waals surface area contributed by atoms with Crippen LogP contribution in [0.5, 0.6) is 0 Å². The van der Waals surface area contributed by atoms with Gasteiger partial charge in [0.05, 0.1) is 24.7 Å². The van der Waals surface area contributed by atoms with E-state index in [1.165, 1.54) is 0 Å². The van der Waals surface area contributed by atoms with E-state index in [9.17, 15) is 15.1 Å². The van der Waals surface area contributed by atoms with E-state index in [-0.39, 0.29) is 41.5 Å². The highest BCUT2D eigenvalue weighted by atomic mass is 16.6. The highest BCUT2D eigenvalue weighted by molar-refractivity contribution is 5.78. The van der Waals surface area contributed by atoms with Crippen LogP contribution in [0, 0.1) is 5.21 Å². The van der Waals surface area contributed by atoms with Gasteiger partial charge in [-0.15, -0.1) is 0 Å². The van der Waals surface area contributed by atoms with E-state index in [0.717, 1.165) is 18.4 Å². The van der Waals surface area contributed by atoms with Crippen molar-refractivity contribution < 1.29 is 19.3 Å². The van der Waals surface area contributed by atoms with E-state index in [1.54, 1.807) is 0 Å². The number of aliphatic hydroxyl groups is 1. The second-order valence-corrected chi connectivity index (χ2v) is 7.42. The molecule has 2 aliphatic rings. The molecule has 0 saturated carbocycles. The second kappa shape index (κ2) is 6.82. The Hall–Kier alpha value is -1.43. The minimum absolute atomic E-state index is 0.0332. The number of rotatable bonds is 5. The number of nitrogens with zero attached hydrogens (tertiary/aromatic N) is 1. The molecule has 2 fully saturated rings. The summed E-state index contributed by atoms with van der Waals surface area (Å²) < 4.78 is 5.58. The number of fused-ring (bicyclic) bond motifs is 2. The number of hydrogen-bond donors (Lipinski definition) is 1. The fraction of sp³-hybridized carbons (Fsp3) is 0.632. The Balaban J connectivity index is 1.66. The van der Waals surface area contributed by atoms with Crippen molar-refractivity contribution in [1.82, 2.24) is 0 Å². The fourth-order valence-electron chi connectivity index (χ4n) is 4.54. The number of benzene rings is 1. The van der Waals surface area contributed by atoms with Crippen LogP contribution in [-0.2, 0) is 9.53 Å². The summed E-state index contributed by atoms with van der Waals surface area (Å²) in [6.07, 6.45) is 2.91. The molecule has 2 heterocycles. The maximum absolute atomic E-state index is 13.1. The van der Waals surface area contributed by atoms with Crippen molar-refractivity contribution in [3.63, 3.8) is 0 Å². The zero-order chi connectivity index (χ0) is 17.3. The predicted molar refractivity (Wildman–Crippen MR) is 91.0 cm³/mol. The second-order valence-electron chi connectivity index (χ2n) is 7.42. The van der Waals surface area contributed by atoms with Crippen molar-refractivity contribution in [3.8, 4) is 0 Å². The lowest BCUT2D eigenvalue weighted by molar-refractivity contribution is -0.941. The van der Waals surface area contributed by atoms with Crippen molar-refractivity contribution in [2.45, 2.75) is 69.7 Å². The Kier molecular flexibility index (Phi) is 4.95. The van der Waals surface area contributed by atoms with E-state index in [2.05, 4.69) is 0 Å². The molecule has 2 aliphatic heterocycles. The molecule has 5 heteroatoms. The van der Waals surface area contributed by atoms with Crippen LogP contribution in [0.4, 0.5) is 0 Å². The largest absolute Gasteiger partial charge is 0.632 e. The van der Waals surface area contributed by atoms with E-state index in [1.807, 2.05) is 44.2 Å². The molecule has 1 aromatic carbocycles. The van der Waals surface area contributed by atoms with Gasteiger partial charge in [0.2, 0.25) is 0 Å². The maximum Gasteiger partial charge on any atom is 0.316 e. The quantitative estimate of drug-likeness (QED) is 0.511. The van der Waals surface area contributed by atoms with E-state index in [4.69, 9.17) is 4.74 Å². The van der Waals surface area contributed by atoms with E-state index >= 15 is 0 Å². The van der Waals surface area contributed by atoms with Crippen molar-refractivity contribution in [3.05, 3.63) is 41.1 Å². The van der Waals surface area contributed by atoms with Crippen LogP contribution in [0.25, 0.3) is 0 Å². The van der Waals surface area contributed by atoms with Crippen molar-refractivity contribution in [2.75, 3.05) is 6.61 Å². The first-order valence-electron chi connectivity index (χ1n) is 8.92. The normalized spacial score (nSPS) is 33.5. The first-order valence-corrected chi connectivity index (χ1v) is 8.92. The zero-order valence-electron chi connectivity index (χ0n) is 14.4. The number of esters is 1. The molecule has 1 aromatic rings. The lowest BCUT2D eigenvalue weighted by Gasteiger charge is -2.56. The van der Waals surface area contributed by atoms with Crippen LogP contribution in [-0.4, -0.2) is 46.6 Å². The van der Waals surface area contributed by atoms with E-state index in [0.29, 0.717) is 12.8 Å². The third-order valence-electron chi connectivity index (χ3n) is 5.80. The molecule has 0 aromatic heterocycles. The van der Waals surface area contributed by atoms with Crippen LogP contribution in [0.3, 0.4) is 0 Å². The maximum atomic E-state index is 13.1. The highest BCUT2D eigenvalue weighted by Gasteiger charge is 2.51. The number of quaternary nitrogens is 1. The van der Waals surface area contributed by atoms with Crippen LogP contribution >= 0.6 is 0 Å². The number of ether oxygens (including phenoxy) is 1. The average Bonchev–Trinajstić information content (AvgIpc) is 2.74. The molecule has 5 atom stereocenters. The van der Waals surface area contributed by atoms with Crippen LogP contribution in [0.2, 0.25) is 0 Å². The summed E-state index contributed by atoms with van der Waals surface area (Å²) in [5.74, 6) is -1.04. The van der Waals surface area contributed by atoms with Gasteiger partial charge in [-0.3, -0.25) is 4.79 Å². The summed E-state index contributed by atoms with van der Waals surface area (Å²) in [5, 5.41) is 22.7. The molecule has 3 unspecified atom stereocenters.